The summed E-state index contributed by atoms with van der Waals surface area (Å²) in [5, 5.41) is 6.62. The van der Waals surface area contributed by atoms with Crippen LogP contribution in [0.4, 0.5) is 0 Å². The van der Waals surface area contributed by atoms with Gasteiger partial charge in [-0.3, -0.25) is 0 Å². The van der Waals surface area contributed by atoms with E-state index in [9.17, 15) is 0 Å². The Balaban J connectivity index is 2.85. The van der Waals surface area contributed by atoms with Gasteiger partial charge in [-0.1, -0.05) is 6.07 Å². The van der Waals surface area contributed by atoms with E-state index in [0.29, 0.717) is 0 Å². The first-order valence-corrected chi connectivity index (χ1v) is 2.51. The molecule has 0 saturated heterocycles. The molecule has 1 heterocycles. The normalized spacial score (nSPS) is 10.2. The summed E-state index contributed by atoms with van der Waals surface area (Å²) in [5.74, 6) is 4.80. The number of hydrogen-bond donors (Lipinski definition) is 1. The number of aromatic nitrogens is 1. The van der Waals surface area contributed by atoms with Crippen molar-refractivity contribution in [2.45, 2.75) is 0 Å². The molecule has 0 aromatic carbocycles. The Hall–Kier alpha value is -1.45. The molecule has 0 aliphatic carbocycles. The smallest absolute Gasteiger partial charge is 0.168 e. The Morgan fingerprint density at radius 3 is 2.33 bits per heavy atom. The fourth-order valence-electron chi connectivity index (χ4n) is 0.509. The van der Waals surface area contributed by atoms with Crippen LogP contribution < -0.4 is 10.5 Å². The molecule has 4 heteroatoms. The lowest BCUT2D eigenvalue weighted by Crippen LogP contribution is -2.24. The second-order valence-corrected chi connectivity index (χ2v) is 1.46. The van der Waals surface area contributed by atoms with Crippen LogP contribution in [0.3, 0.4) is 0 Å². The molecule has 0 aliphatic rings. The highest BCUT2D eigenvalue weighted by atomic mass is 15.5. The number of nitrogens with two attached hydrogens (primary N) is 1. The van der Waals surface area contributed by atoms with Gasteiger partial charge in [-0.25, -0.2) is 5.84 Å². The Morgan fingerprint density at radius 2 is 1.78 bits per heavy atom. The maximum absolute atomic E-state index is 4.80. The zero-order chi connectivity index (χ0) is 6.53. The predicted octanol–water partition coefficient (Wildman–Crippen LogP) is 0.0631. The monoisotopic (exact) mass is 123 g/mol. The maximum atomic E-state index is 4.80. The molecule has 0 bridgehead atoms. The Morgan fingerprint density at radius 1 is 1.11 bits per heavy atom. The van der Waals surface area contributed by atoms with E-state index in [4.69, 9.17) is 5.84 Å². The van der Waals surface area contributed by atoms with Crippen molar-refractivity contribution < 1.29 is 4.68 Å². The number of pyridine rings is 1. The van der Waals surface area contributed by atoms with Crippen LogP contribution in [0.2, 0.25) is 0 Å². The van der Waals surface area contributed by atoms with E-state index in [1.165, 1.54) is 4.68 Å². The van der Waals surface area contributed by atoms with E-state index < -0.39 is 0 Å². The van der Waals surface area contributed by atoms with Crippen molar-refractivity contribution in [3.8, 4) is 0 Å². The SMILES string of the molecule is N/N=N/[n+]1ccccc1. The van der Waals surface area contributed by atoms with E-state index in [1.54, 1.807) is 12.4 Å². The van der Waals surface area contributed by atoms with E-state index in [2.05, 4.69) is 10.4 Å². The first-order chi connectivity index (χ1) is 4.43. The molecule has 0 unspecified atom stereocenters. The second-order valence-electron chi connectivity index (χ2n) is 1.46. The van der Waals surface area contributed by atoms with Gasteiger partial charge >= 0.3 is 0 Å². The summed E-state index contributed by atoms with van der Waals surface area (Å²) in [6.07, 6.45) is 3.49. The zero-order valence-electron chi connectivity index (χ0n) is 4.81. The van der Waals surface area contributed by atoms with Crippen molar-refractivity contribution in [2.24, 2.45) is 16.3 Å². The topological polar surface area (TPSA) is 54.6 Å². The van der Waals surface area contributed by atoms with Crippen LogP contribution in [0, 0.1) is 0 Å². The predicted molar refractivity (Wildman–Crippen MR) is 31.1 cm³/mol. The van der Waals surface area contributed by atoms with Gasteiger partial charge in [0.1, 0.15) is 12.4 Å². The highest BCUT2D eigenvalue weighted by Gasteiger charge is 1.85. The van der Waals surface area contributed by atoms with Gasteiger partial charge in [-0.2, -0.15) is 0 Å². The van der Waals surface area contributed by atoms with Gasteiger partial charge in [0.25, 0.3) is 0 Å². The first kappa shape index (κ1) is 5.68. The fourth-order valence-corrected chi connectivity index (χ4v) is 0.509. The van der Waals surface area contributed by atoms with Crippen LogP contribution >= 0.6 is 0 Å². The molecule has 4 nitrogen and oxygen atoms in total. The van der Waals surface area contributed by atoms with Gasteiger partial charge in [-0.15, -0.1) is 4.68 Å². The fraction of sp³-hybridized carbons (Fsp3) is 0. The minimum atomic E-state index is 1.51. The van der Waals surface area contributed by atoms with Gasteiger partial charge in [0.15, 0.2) is 10.4 Å². The third-order valence-corrected chi connectivity index (χ3v) is 0.855. The quantitative estimate of drug-likeness (QED) is 0.244. The van der Waals surface area contributed by atoms with Gasteiger partial charge < -0.3 is 0 Å². The van der Waals surface area contributed by atoms with Crippen LogP contribution in [0.25, 0.3) is 0 Å². The lowest BCUT2D eigenvalue weighted by atomic mass is 10.5. The third kappa shape index (κ3) is 1.49. The molecule has 0 atom stereocenters. The molecule has 1 aromatic rings. The van der Waals surface area contributed by atoms with Gasteiger partial charge in [0.2, 0.25) is 0 Å². The molecule has 0 spiro atoms. The van der Waals surface area contributed by atoms with Crippen molar-refractivity contribution in [1.82, 2.24) is 0 Å². The molecular formula is C5H7N4+. The minimum absolute atomic E-state index is 1.51. The molecular weight excluding hydrogens is 116 g/mol. The standard InChI is InChI=1S/C5H7N4/c6-7-8-9-4-2-1-3-5-9/h1-5H,(H2,6,8)/q+1. The molecule has 0 radical (unpaired) electrons. The maximum Gasteiger partial charge on any atom is 0.168 e. The van der Waals surface area contributed by atoms with Crippen molar-refractivity contribution in [1.29, 1.82) is 0 Å². The Kier molecular flexibility index (Phi) is 1.74. The molecule has 0 fully saturated rings. The van der Waals surface area contributed by atoms with Crippen molar-refractivity contribution in [3.63, 3.8) is 0 Å². The first-order valence-electron chi connectivity index (χ1n) is 2.51. The largest absolute Gasteiger partial charge is 0.208 e. The molecule has 0 amide bonds. The average Bonchev–Trinajstić information content (AvgIpc) is 1.91. The van der Waals surface area contributed by atoms with Gasteiger partial charge in [0, 0.05) is 0 Å². The summed E-state index contributed by atoms with van der Waals surface area (Å²) in [6.45, 7) is 0. The van der Waals surface area contributed by atoms with Crippen LogP contribution in [0.1, 0.15) is 0 Å². The summed E-state index contributed by atoms with van der Waals surface area (Å²) in [4.78, 5) is 0. The van der Waals surface area contributed by atoms with Crippen LogP contribution in [0.5, 0.6) is 0 Å². The lowest BCUT2D eigenvalue weighted by Gasteiger charge is -1.80. The summed E-state index contributed by atoms with van der Waals surface area (Å²) in [6, 6.07) is 5.58. The van der Waals surface area contributed by atoms with Crippen LogP contribution in [0.15, 0.2) is 41.0 Å². The van der Waals surface area contributed by atoms with Crippen LogP contribution in [-0.4, -0.2) is 0 Å². The highest BCUT2D eigenvalue weighted by Crippen LogP contribution is 1.74. The second kappa shape index (κ2) is 2.76. The molecule has 0 aliphatic heterocycles. The van der Waals surface area contributed by atoms with Crippen LogP contribution in [-0.2, 0) is 0 Å². The van der Waals surface area contributed by atoms with Gasteiger partial charge in [-0.05, 0) is 12.1 Å². The Bertz CT molecular complexity index is 193. The summed E-state index contributed by atoms with van der Waals surface area (Å²) < 4.78 is 1.51. The lowest BCUT2D eigenvalue weighted by molar-refractivity contribution is -0.686. The summed E-state index contributed by atoms with van der Waals surface area (Å²) >= 11 is 0. The van der Waals surface area contributed by atoms with Crippen molar-refractivity contribution in [3.05, 3.63) is 30.6 Å². The Labute approximate surface area is 52.6 Å². The number of nitrogens with zero attached hydrogens (tertiary/aromatic N) is 3. The number of hydrogen-bond acceptors (Lipinski definition) is 2. The average molecular weight is 123 g/mol. The molecule has 9 heavy (non-hydrogen) atoms. The minimum Gasteiger partial charge on any atom is -0.208 e. The molecule has 46 valence electrons. The van der Waals surface area contributed by atoms with E-state index in [-0.39, 0.29) is 0 Å². The summed E-state index contributed by atoms with van der Waals surface area (Å²) in [5.41, 5.74) is 0. The molecule has 0 saturated carbocycles. The van der Waals surface area contributed by atoms with E-state index in [1.807, 2.05) is 18.2 Å². The van der Waals surface area contributed by atoms with Crippen molar-refractivity contribution in [2.75, 3.05) is 0 Å². The molecule has 1 rings (SSSR count). The third-order valence-electron chi connectivity index (χ3n) is 0.855. The number of rotatable bonds is 1. The molecule has 2 N–H and O–H groups in total. The van der Waals surface area contributed by atoms with Gasteiger partial charge in [0.05, 0.1) is 0 Å². The van der Waals surface area contributed by atoms with E-state index >= 15 is 0 Å². The summed E-state index contributed by atoms with van der Waals surface area (Å²) in [7, 11) is 0. The zero-order valence-corrected chi connectivity index (χ0v) is 4.81. The highest BCUT2D eigenvalue weighted by molar-refractivity contribution is 4.83. The molecule has 1 aromatic heterocycles. The van der Waals surface area contributed by atoms with Crippen molar-refractivity contribution >= 4 is 0 Å². The van der Waals surface area contributed by atoms with E-state index in [0.717, 1.165) is 0 Å².